The van der Waals surface area contributed by atoms with Crippen molar-refractivity contribution in [2.75, 3.05) is 0 Å². The Kier molecular flexibility index (Phi) is 24.5. The Morgan fingerprint density at radius 2 is 0.898 bits per heavy atom. The molecular formula is C43H53N3P2Zr+2. The molecule has 10 radical (unpaired) electrons. The van der Waals surface area contributed by atoms with E-state index in [0.717, 1.165) is 5.56 Å². The van der Waals surface area contributed by atoms with Crippen LogP contribution in [0.4, 0.5) is 0 Å². The minimum Gasteiger partial charge on any atom is -0.688 e. The van der Waals surface area contributed by atoms with E-state index >= 15 is 0 Å². The topological polar surface area (TPSA) is 30.3 Å². The van der Waals surface area contributed by atoms with Crippen LogP contribution in [0.3, 0.4) is 0 Å². The smallest absolute Gasteiger partial charge is 0.688 e. The molecule has 0 bridgehead atoms. The van der Waals surface area contributed by atoms with E-state index < -0.39 is 16.1 Å². The van der Waals surface area contributed by atoms with Crippen molar-refractivity contribution in [2.24, 2.45) is 0 Å². The fraction of sp³-hybridized carbons (Fsp3) is 0.279. The molecule has 49 heavy (non-hydrogen) atoms. The van der Waals surface area contributed by atoms with Crippen molar-refractivity contribution in [1.82, 2.24) is 9.34 Å². The fourth-order valence-electron chi connectivity index (χ4n) is 5.14. The second-order valence-corrected chi connectivity index (χ2v) is 16.0. The Bertz CT molecular complexity index is 1180. The first-order chi connectivity index (χ1) is 23.1. The Hall–Kier alpha value is -1.45. The Labute approximate surface area is 323 Å². The van der Waals surface area contributed by atoms with Crippen molar-refractivity contribution in [3.8, 4) is 5.66 Å². The van der Waals surface area contributed by atoms with Gasteiger partial charge in [-0.25, -0.2) is 0 Å². The number of benzene rings is 3. The summed E-state index contributed by atoms with van der Waals surface area (Å²) < 4.78 is 5.00. The van der Waals surface area contributed by atoms with Crippen LogP contribution in [-0.2, 0) is 26.2 Å². The summed E-state index contributed by atoms with van der Waals surface area (Å²) in [5.74, 6) is 0. The van der Waals surface area contributed by atoms with Crippen LogP contribution in [0.1, 0.15) is 61.0 Å². The normalized spacial score (nSPS) is 13.9. The quantitative estimate of drug-likeness (QED) is 0.0965. The summed E-state index contributed by atoms with van der Waals surface area (Å²) >= 11 is 0. The molecule has 0 atom stereocenters. The maximum Gasteiger partial charge on any atom is 4.00 e. The molecule has 2 fully saturated rings. The molecule has 3 aromatic rings. The van der Waals surface area contributed by atoms with Crippen molar-refractivity contribution in [2.45, 2.75) is 79.6 Å². The first-order valence-electron chi connectivity index (χ1n) is 16.7. The van der Waals surface area contributed by atoms with Crippen molar-refractivity contribution in [3.63, 3.8) is 0 Å². The van der Waals surface area contributed by atoms with Gasteiger partial charge in [-0.2, -0.15) is 0 Å². The van der Waals surface area contributed by atoms with Gasteiger partial charge in [0.25, 0.3) is 0 Å². The van der Waals surface area contributed by atoms with Crippen LogP contribution in [0.5, 0.6) is 0 Å². The summed E-state index contributed by atoms with van der Waals surface area (Å²) in [6.45, 7) is 17.9. The molecule has 0 spiro atoms. The third kappa shape index (κ3) is 16.6. The van der Waals surface area contributed by atoms with Crippen LogP contribution in [0.15, 0.2) is 84.9 Å². The summed E-state index contributed by atoms with van der Waals surface area (Å²) in [5, 5.41) is 11.3. The molecule has 5 rings (SSSR count). The first-order valence-corrected chi connectivity index (χ1v) is 19.3. The minimum absolute atomic E-state index is 0. The zero-order chi connectivity index (χ0) is 35.3. The summed E-state index contributed by atoms with van der Waals surface area (Å²) in [5.41, 5.74) is 4.26. The van der Waals surface area contributed by atoms with E-state index in [-0.39, 0.29) is 26.2 Å². The molecule has 3 nitrogen and oxygen atoms in total. The molecular weight excluding hydrogens is 712 g/mol. The van der Waals surface area contributed by atoms with Crippen molar-refractivity contribution in [3.05, 3.63) is 167 Å². The van der Waals surface area contributed by atoms with Crippen molar-refractivity contribution >= 4 is 32.2 Å². The van der Waals surface area contributed by atoms with Crippen molar-refractivity contribution in [1.29, 1.82) is 5.41 Å². The van der Waals surface area contributed by atoms with E-state index in [0.29, 0.717) is 29.6 Å². The van der Waals surface area contributed by atoms with Gasteiger partial charge in [0.1, 0.15) is 0 Å². The van der Waals surface area contributed by atoms with E-state index in [1.54, 1.807) is 0 Å². The van der Waals surface area contributed by atoms with Crippen LogP contribution in [0.2, 0.25) is 0 Å². The molecule has 0 aromatic heterocycles. The van der Waals surface area contributed by atoms with Gasteiger partial charge in [0.15, 0.2) is 0 Å². The van der Waals surface area contributed by atoms with E-state index in [1.165, 1.54) is 10.6 Å². The van der Waals surface area contributed by atoms with E-state index in [2.05, 4.69) is 101 Å². The van der Waals surface area contributed by atoms with E-state index in [4.69, 9.17) is 11.8 Å². The molecule has 252 valence electrons. The third-order valence-corrected chi connectivity index (χ3v) is 12.2. The first kappa shape index (κ1) is 45.6. The predicted molar refractivity (Wildman–Crippen MR) is 212 cm³/mol. The third-order valence-electron chi connectivity index (χ3n) is 6.97. The molecule has 0 amide bonds. The molecule has 2 aliphatic carbocycles. The van der Waals surface area contributed by atoms with Gasteiger partial charge in [-0.3, -0.25) is 9.34 Å². The largest absolute Gasteiger partial charge is 4.00 e. The number of nitrogens with zero attached hydrogens (tertiary/aromatic N) is 2. The monoisotopic (exact) mass is 763 g/mol. The standard InChI is InChI=1S/C19H33N3P.C14H10P.2C5H5.Zr/c1-14(2)21(15(3)4)23(22(16(5)6)17(7)8)19(20)18-12-10-9-11-13-18;1-2-15(13-9-5-3-6-10-13)14-11-7-4-8-12-14;2*1-2-4-5-3-1;/h9-12,14-17,20H,1-8H3;3-12H;2*1-5H;/q2*-1;;;+4. The zero-order valence-corrected chi connectivity index (χ0v) is 34.7. The number of nitrogens with one attached hydrogen (secondary N) is 1. The average Bonchev–Trinajstić information content (AvgIpc) is 3.86. The van der Waals surface area contributed by atoms with Gasteiger partial charge in [-0.05, 0) is 138 Å². The van der Waals surface area contributed by atoms with Crippen LogP contribution in [-0.4, -0.2) is 39.0 Å². The minimum atomic E-state index is -0.864. The van der Waals surface area contributed by atoms with Gasteiger partial charge in [-0.1, -0.05) is 60.7 Å². The number of hydrogen-bond acceptors (Lipinski definition) is 3. The molecule has 1 N–H and O–H groups in total. The molecule has 0 heterocycles. The summed E-state index contributed by atoms with van der Waals surface area (Å²) in [4.78, 5) is 0. The second-order valence-electron chi connectivity index (χ2n) is 12.1. The molecule has 2 saturated carbocycles. The maximum atomic E-state index is 8.94. The number of rotatable bonds is 10. The van der Waals surface area contributed by atoms with Gasteiger partial charge in [0.05, 0.1) is 0 Å². The molecule has 0 saturated heterocycles. The Morgan fingerprint density at radius 1 is 0.571 bits per heavy atom. The fourth-order valence-corrected chi connectivity index (χ4v) is 9.44. The molecule has 3 aromatic carbocycles. The molecule has 0 aliphatic heterocycles. The SMILES string of the molecule is CC(C)N(C(C)C)P(C(=N)c1[c-]cccc1)N(C(C)C)C(C)C.[C-]#CP(c1ccccc1)c1ccccc1.[CH]1[CH][CH][CH][CH]1.[CH]1[CH][CH][CH][CH]1.[Zr+4]. The summed E-state index contributed by atoms with van der Waals surface area (Å²) in [6, 6.07) is 32.9. The summed E-state index contributed by atoms with van der Waals surface area (Å²) in [7, 11) is -1.60. The predicted octanol–water partition coefficient (Wildman–Crippen LogP) is 10.1. The Morgan fingerprint density at radius 3 is 1.16 bits per heavy atom. The molecule has 2 aliphatic rings. The Balaban J connectivity index is 0.000000388. The molecule has 6 heteroatoms. The average molecular weight is 765 g/mol. The van der Waals surface area contributed by atoms with E-state index in [9.17, 15) is 0 Å². The van der Waals surface area contributed by atoms with Gasteiger partial charge >= 0.3 is 26.2 Å². The van der Waals surface area contributed by atoms with Crippen LogP contribution in [0, 0.1) is 87.8 Å². The number of hydrogen-bond donors (Lipinski definition) is 1. The van der Waals surface area contributed by atoms with Crippen LogP contribution >= 0.6 is 16.1 Å². The van der Waals surface area contributed by atoms with Gasteiger partial charge < -0.3 is 17.5 Å². The van der Waals surface area contributed by atoms with Crippen LogP contribution in [0.25, 0.3) is 0 Å². The van der Waals surface area contributed by atoms with E-state index in [1.807, 2.05) is 125 Å². The molecule has 0 unspecified atom stereocenters. The van der Waals surface area contributed by atoms with Gasteiger partial charge in [0.2, 0.25) is 0 Å². The van der Waals surface area contributed by atoms with Gasteiger partial charge in [0, 0.05) is 37.8 Å². The van der Waals surface area contributed by atoms with Gasteiger partial charge in [-0.15, -0.1) is 35.9 Å². The van der Waals surface area contributed by atoms with Crippen molar-refractivity contribution < 1.29 is 26.2 Å². The summed E-state index contributed by atoms with van der Waals surface area (Å²) in [6.07, 6.45) is 27.4. The zero-order valence-electron chi connectivity index (χ0n) is 30.5. The van der Waals surface area contributed by atoms with Crippen LogP contribution < -0.4 is 10.6 Å². The maximum absolute atomic E-state index is 8.94. The second kappa shape index (κ2) is 26.3.